The predicted molar refractivity (Wildman–Crippen MR) is 332 cm³/mol. The summed E-state index contributed by atoms with van der Waals surface area (Å²) in [6, 6.07) is -0.910. The first-order valence-corrected chi connectivity index (χ1v) is 34.9. The van der Waals surface area contributed by atoms with Crippen molar-refractivity contribution >= 4 is 5.91 Å². The van der Waals surface area contributed by atoms with Crippen LogP contribution >= 0.6 is 0 Å². The number of carbonyl (C=O) groups excluding carboxylic acids is 1. The highest BCUT2D eigenvalue weighted by Gasteiger charge is 2.51. The molecule has 0 aliphatic carbocycles. The molecule has 12 unspecified atom stereocenters. The fourth-order valence-corrected chi connectivity index (χ4v) is 11.9. The van der Waals surface area contributed by atoms with Gasteiger partial charge >= 0.3 is 0 Å². The maximum Gasteiger partial charge on any atom is 0.220 e. The molecule has 9 N–H and O–H groups in total. The average molecular weight is 1170 g/mol. The molecule has 1 amide bonds. The molecule has 2 rings (SSSR count). The van der Waals surface area contributed by atoms with Crippen molar-refractivity contribution in [1.82, 2.24) is 5.32 Å². The van der Waals surface area contributed by atoms with E-state index < -0.39 is 86.8 Å². The van der Waals surface area contributed by atoms with Crippen LogP contribution < -0.4 is 5.32 Å². The van der Waals surface area contributed by atoms with Gasteiger partial charge < -0.3 is 65.1 Å². The number of aliphatic hydroxyl groups excluding tert-OH is 8. The zero-order chi connectivity index (χ0) is 59.5. The lowest BCUT2D eigenvalue weighted by atomic mass is 9.97. The Balaban J connectivity index is 1.65. The van der Waals surface area contributed by atoms with Gasteiger partial charge in [0.2, 0.25) is 5.91 Å². The molecule has 82 heavy (non-hydrogen) atoms. The molecule has 2 saturated heterocycles. The van der Waals surface area contributed by atoms with Gasteiger partial charge in [-0.1, -0.05) is 309 Å². The van der Waals surface area contributed by atoms with Crippen LogP contribution in [0.4, 0.5) is 0 Å². The molecule has 2 fully saturated rings. The minimum absolute atomic E-state index is 0.231. The van der Waals surface area contributed by atoms with E-state index in [-0.39, 0.29) is 18.9 Å². The second kappa shape index (κ2) is 53.9. The molecule has 0 bridgehead atoms. The molecular weight excluding hydrogens is 1040 g/mol. The number of hydrogen-bond acceptors (Lipinski definition) is 13. The number of ether oxygens (including phenoxy) is 4. The highest BCUT2D eigenvalue weighted by Crippen LogP contribution is 2.30. The van der Waals surface area contributed by atoms with Gasteiger partial charge in [-0.05, 0) is 19.3 Å². The van der Waals surface area contributed by atoms with E-state index in [2.05, 4.69) is 19.2 Å². The van der Waals surface area contributed by atoms with Crippen molar-refractivity contribution in [2.45, 2.75) is 396 Å². The Bertz CT molecular complexity index is 1420. The summed E-state index contributed by atoms with van der Waals surface area (Å²) >= 11 is 0. The van der Waals surface area contributed by atoms with Crippen LogP contribution in [-0.4, -0.2) is 140 Å². The summed E-state index contributed by atoms with van der Waals surface area (Å²) in [4.78, 5) is 13.3. The van der Waals surface area contributed by atoms with Gasteiger partial charge in [0, 0.05) is 6.42 Å². The summed E-state index contributed by atoms with van der Waals surface area (Å²) < 4.78 is 22.8. The maximum absolute atomic E-state index is 13.3. The Morgan fingerprint density at radius 2 is 0.756 bits per heavy atom. The van der Waals surface area contributed by atoms with Crippen LogP contribution in [0.25, 0.3) is 0 Å². The third kappa shape index (κ3) is 38.1. The number of nitrogens with one attached hydrogen (secondary N) is 1. The molecule has 0 aromatic rings. The van der Waals surface area contributed by atoms with Crippen molar-refractivity contribution in [3.8, 4) is 0 Å². The third-order valence-corrected chi connectivity index (χ3v) is 17.5. The number of carbonyl (C=O) groups is 1. The summed E-state index contributed by atoms with van der Waals surface area (Å²) in [6.07, 6.45) is 48.4. The first-order valence-electron chi connectivity index (χ1n) is 34.9. The van der Waals surface area contributed by atoms with Crippen LogP contribution in [0.5, 0.6) is 0 Å². The number of allylic oxidation sites excluding steroid dienone is 1. The van der Waals surface area contributed by atoms with Gasteiger partial charge in [-0.25, -0.2) is 0 Å². The molecule has 2 aliphatic rings. The SMILES string of the molecule is CCCCCCCCCCCCCCCCCC/C=C/C(O)C(COC1OC(CO)C(OC2OC(CO)C(O)C(O)C2O)C(O)C1O)NC(=O)CCCCCCCCCCCCCCCCCCCCCCCCCCCCCCCC. The highest BCUT2D eigenvalue weighted by molar-refractivity contribution is 5.76. The van der Waals surface area contributed by atoms with Gasteiger partial charge in [0.1, 0.15) is 48.8 Å². The van der Waals surface area contributed by atoms with Gasteiger partial charge in [-0.2, -0.15) is 0 Å². The van der Waals surface area contributed by atoms with Crippen molar-refractivity contribution in [1.29, 1.82) is 0 Å². The molecule has 0 radical (unpaired) electrons. The first kappa shape index (κ1) is 76.8. The Morgan fingerprint density at radius 1 is 0.427 bits per heavy atom. The zero-order valence-electron chi connectivity index (χ0n) is 52.8. The summed E-state index contributed by atoms with van der Waals surface area (Å²) in [5, 5.41) is 87.3. The lowest BCUT2D eigenvalue weighted by molar-refractivity contribution is -0.359. The quantitative estimate of drug-likeness (QED) is 0.0204. The van der Waals surface area contributed by atoms with Gasteiger partial charge in [0.15, 0.2) is 12.6 Å². The predicted octanol–water partition coefficient (Wildman–Crippen LogP) is 13.8. The molecule has 2 heterocycles. The van der Waals surface area contributed by atoms with E-state index >= 15 is 0 Å². The molecule has 2 aliphatic heterocycles. The minimum Gasteiger partial charge on any atom is -0.394 e. The van der Waals surface area contributed by atoms with E-state index in [9.17, 15) is 45.6 Å². The van der Waals surface area contributed by atoms with Crippen LogP contribution in [0.15, 0.2) is 12.2 Å². The summed E-state index contributed by atoms with van der Waals surface area (Å²) in [6.45, 7) is 2.85. The molecule has 0 aromatic carbocycles. The Morgan fingerprint density at radius 3 is 1.12 bits per heavy atom. The zero-order valence-corrected chi connectivity index (χ0v) is 52.8. The van der Waals surface area contributed by atoms with Crippen LogP contribution in [-0.2, 0) is 23.7 Å². The standard InChI is InChI=1S/C68H131NO13/c1-3-5-7-9-11-13-15-17-19-21-23-24-25-26-27-28-29-30-31-32-33-34-36-38-40-42-44-46-48-50-52-60(73)69-56(57(72)51-49-47-45-43-41-39-37-35-22-20-18-16-14-12-10-8-6-4-2)55-79-67-65(78)63(76)66(59(54-71)81-67)82-68-64(77)62(75)61(74)58(53-70)80-68/h49,51,56-59,61-68,70-72,74-78H,3-48,50,52-55H2,1-2H3,(H,69,73)/b51-49+. The van der Waals surface area contributed by atoms with Gasteiger partial charge in [-0.3, -0.25) is 4.79 Å². The van der Waals surface area contributed by atoms with Crippen molar-refractivity contribution in [3.63, 3.8) is 0 Å². The van der Waals surface area contributed by atoms with Gasteiger partial charge in [-0.15, -0.1) is 0 Å². The van der Waals surface area contributed by atoms with E-state index in [0.717, 1.165) is 38.5 Å². The minimum atomic E-state index is -1.79. The molecule has 486 valence electrons. The monoisotopic (exact) mass is 1170 g/mol. The molecule has 14 heteroatoms. The van der Waals surface area contributed by atoms with E-state index in [1.807, 2.05) is 6.08 Å². The fraction of sp³-hybridized carbons (Fsp3) is 0.956. The molecular formula is C68H131NO13. The third-order valence-electron chi connectivity index (χ3n) is 17.5. The Labute approximate surface area is 501 Å². The van der Waals surface area contributed by atoms with E-state index in [1.54, 1.807) is 6.08 Å². The molecule has 14 nitrogen and oxygen atoms in total. The van der Waals surface area contributed by atoms with Crippen molar-refractivity contribution in [2.75, 3.05) is 19.8 Å². The van der Waals surface area contributed by atoms with Crippen LogP contribution in [0.3, 0.4) is 0 Å². The van der Waals surface area contributed by atoms with Crippen molar-refractivity contribution in [2.24, 2.45) is 0 Å². The van der Waals surface area contributed by atoms with E-state index in [1.165, 1.54) is 257 Å². The molecule has 0 spiro atoms. The summed E-state index contributed by atoms with van der Waals surface area (Å²) in [7, 11) is 0. The topological polar surface area (TPSA) is 228 Å². The van der Waals surface area contributed by atoms with E-state index in [0.29, 0.717) is 6.42 Å². The van der Waals surface area contributed by atoms with E-state index in [4.69, 9.17) is 18.9 Å². The highest BCUT2D eigenvalue weighted by atomic mass is 16.7. The first-order chi connectivity index (χ1) is 40.1. The molecule has 0 saturated carbocycles. The normalized spacial score (nSPS) is 23.9. The molecule has 12 atom stereocenters. The largest absolute Gasteiger partial charge is 0.394 e. The smallest absolute Gasteiger partial charge is 0.220 e. The van der Waals surface area contributed by atoms with Crippen LogP contribution in [0.2, 0.25) is 0 Å². The summed E-state index contributed by atoms with van der Waals surface area (Å²) in [5.41, 5.74) is 0. The number of hydrogen-bond donors (Lipinski definition) is 9. The number of rotatable bonds is 58. The Hall–Kier alpha value is -1.27. The molecule has 0 aromatic heterocycles. The number of amides is 1. The number of unbranched alkanes of at least 4 members (excludes halogenated alkanes) is 45. The Kier molecular flexibility index (Phi) is 50.5. The lowest BCUT2D eigenvalue weighted by Crippen LogP contribution is -2.65. The second-order valence-electron chi connectivity index (χ2n) is 25.0. The van der Waals surface area contributed by atoms with Gasteiger partial charge in [0.05, 0.1) is 32.0 Å². The summed E-state index contributed by atoms with van der Waals surface area (Å²) in [5.74, 6) is -0.231. The average Bonchev–Trinajstić information content (AvgIpc) is 3.67. The van der Waals surface area contributed by atoms with Gasteiger partial charge in [0.25, 0.3) is 0 Å². The van der Waals surface area contributed by atoms with Crippen LogP contribution in [0, 0.1) is 0 Å². The van der Waals surface area contributed by atoms with Crippen molar-refractivity contribution < 1.29 is 64.6 Å². The fourth-order valence-electron chi connectivity index (χ4n) is 11.9. The van der Waals surface area contributed by atoms with Crippen molar-refractivity contribution in [3.05, 3.63) is 12.2 Å². The second-order valence-corrected chi connectivity index (χ2v) is 25.0. The van der Waals surface area contributed by atoms with Crippen LogP contribution in [0.1, 0.15) is 322 Å². The maximum atomic E-state index is 13.3. The number of aliphatic hydroxyl groups is 8. The lowest BCUT2D eigenvalue weighted by Gasteiger charge is -2.46.